The predicted octanol–water partition coefficient (Wildman–Crippen LogP) is 3.09. The molecule has 1 fully saturated rings. The Kier molecular flexibility index (Phi) is 5.28. The minimum absolute atomic E-state index is 0.122. The zero-order valence-corrected chi connectivity index (χ0v) is 13.9. The van der Waals surface area contributed by atoms with E-state index in [-0.39, 0.29) is 5.54 Å². The van der Waals surface area contributed by atoms with E-state index in [9.17, 15) is 5.11 Å². The van der Waals surface area contributed by atoms with Gasteiger partial charge in [0.2, 0.25) is 0 Å². The molecule has 1 atom stereocenters. The lowest BCUT2D eigenvalue weighted by Gasteiger charge is -2.35. The molecule has 1 unspecified atom stereocenters. The molecule has 3 heteroatoms. The van der Waals surface area contributed by atoms with Crippen molar-refractivity contribution >= 4 is 5.69 Å². The van der Waals surface area contributed by atoms with E-state index in [1.165, 1.54) is 23.2 Å². The van der Waals surface area contributed by atoms with Gasteiger partial charge in [-0.05, 0) is 58.1 Å². The number of piperidine rings is 1. The van der Waals surface area contributed by atoms with E-state index in [2.05, 4.69) is 56.1 Å². The van der Waals surface area contributed by atoms with Crippen LogP contribution in [-0.4, -0.2) is 30.3 Å². The van der Waals surface area contributed by atoms with Gasteiger partial charge in [0.1, 0.15) is 0 Å². The maximum Gasteiger partial charge on any atom is 0.0476 e. The van der Waals surface area contributed by atoms with Crippen molar-refractivity contribution in [2.45, 2.75) is 52.6 Å². The van der Waals surface area contributed by atoms with Crippen LogP contribution in [0, 0.1) is 12.8 Å². The van der Waals surface area contributed by atoms with Gasteiger partial charge in [-0.3, -0.25) is 0 Å². The molecular weight excluding hydrogens is 260 g/mol. The molecule has 2 N–H and O–H groups in total. The summed E-state index contributed by atoms with van der Waals surface area (Å²) in [7, 11) is 0. The molecule has 21 heavy (non-hydrogen) atoms. The highest BCUT2D eigenvalue weighted by molar-refractivity contribution is 5.55. The second-order valence-electron chi connectivity index (χ2n) is 7.37. The lowest BCUT2D eigenvalue weighted by atomic mass is 9.97. The molecule has 0 aromatic heterocycles. The fourth-order valence-electron chi connectivity index (χ4n) is 2.96. The summed E-state index contributed by atoms with van der Waals surface area (Å²) in [6, 6.07) is 6.73. The summed E-state index contributed by atoms with van der Waals surface area (Å²) in [4.78, 5) is 2.45. The van der Waals surface area contributed by atoms with Crippen LogP contribution in [0.2, 0.25) is 0 Å². The Labute approximate surface area is 129 Å². The molecule has 1 aliphatic heterocycles. The highest BCUT2D eigenvalue weighted by Crippen LogP contribution is 2.27. The number of rotatable bonds is 4. The van der Waals surface area contributed by atoms with Gasteiger partial charge in [-0.25, -0.2) is 0 Å². The zero-order chi connectivity index (χ0) is 15.5. The van der Waals surface area contributed by atoms with Crippen molar-refractivity contribution in [2.24, 2.45) is 5.92 Å². The Balaban J connectivity index is 2.17. The molecule has 3 nitrogen and oxygen atoms in total. The summed E-state index contributed by atoms with van der Waals surface area (Å²) in [5.74, 6) is 0.420. The largest absolute Gasteiger partial charge is 0.396 e. The monoisotopic (exact) mass is 290 g/mol. The van der Waals surface area contributed by atoms with Crippen LogP contribution in [-0.2, 0) is 6.54 Å². The lowest BCUT2D eigenvalue weighted by molar-refractivity contribution is 0.208. The predicted molar refractivity (Wildman–Crippen MR) is 89.8 cm³/mol. The molecule has 1 heterocycles. The molecular formula is C18H30N2O. The smallest absolute Gasteiger partial charge is 0.0476 e. The molecule has 0 radical (unpaired) electrons. The van der Waals surface area contributed by atoms with Crippen LogP contribution < -0.4 is 10.2 Å². The number of hydrogen-bond donors (Lipinski definition) is 2. The molecule has 1 aliphatic rings. The summed E-state index contributed by atoms with van der Waals surface area (Å²) < 4.78 is 0. The standard InChI is InChI=1S/C18H30N2O/c1-14-7-8-17(16(10-14)11-19-18(2,3)4)20-9-5-6-15(12-20)13-21/h7-8,10,15,19,21H,5-6,9,11-13H2,1-4H3. The van der Waals surface area contributed by atoms with Crippen LogP contribution in [0.1, 0.15) is 44.7 Å². The quantitative estimate of drug-likeness (QED) is 0.894. The number of hydrogen-bond acceptors (Lipinski definition) is 3. The topological polar surface area (TPSA) is 35.5 Å². The fraction of sp³-hybridized carbons (Fsp3) is 0.667. The van der Waals surface area contributed by atoms with Crippen LogP contribution in [0.25, 0.3) is 0 Å². The van der Waals surface area contributed by atoms with Gasteiger partial charge in [0.15, 0.2) is 0 Å². The van der Waals surface area contributed by atoms with Gasteiger partial charge in [0.25, 0.3) is 0 Å². The average Bonchev–Trinajstić information content (AvgIpc) is 2.44. The maximum absolute atomic E-state index is 9.44. The van der Waals surface area contributed by atoms with Crippen molar-refractivity contribution in [2.75, 3.05) is 24.6 Å². The maximum atomic E-state index is 9.44. The first kappa shape index (κ1) is 16.3. The molecule has 1 aromatic rings. The summed E-state index contributed by atoms with van der Waals surface area (Å²) in [5, 5.41) is 13.0. The highest BCUT2D eigenvalue weighted by atomic mass is 16.3. The van der Waals surface area contributed by atoms with Crippen molar-refractivity contribution in [1.82, 2.24) is 5.32 Å². The van der Waals surface area contributed by atoms with E-state index in [1.807, 2.05) is 0 Å². The van der Waals surface area contributed by atoms with Crippen LogP contribution in [0.5, 0.6) is 0 Å². The average molecular weight is 290 g/mol. The van der Waals surface area contributed by atoms with Crippen LogP contribution in [0.15, 0.2) is 18.2 Å². The van der Waals surface area contributed by atoms with Crippen molar-refractivity contribution in [3.8, 4) is 0 Å². The van der Waals surface area contributed by atoms with Gasteiger partial charge in [0.05, 0.1) is 0 Å². The fourth-order valence-corrected chi connectivity index (χ4v) is 2.96. The van der Waals surface area contributed by atoms with Crippen molar-refractivity contribution in [1.29, 1.82) is 0 Å². The molecule has 0 aliphatic carbocycles. The molecule has 0 amide bonds. The number of nitrogens with one attached hydrogen (secondary N) is 1. The molecule has 1 saturated heterocycles. The number of anilines is 1. The third-order valence-corrected chi connectivity index (χ3v) is 4.16. The Morgan fingerprint density at radius 1 is 1.33 bits per heavy atom. The first-order valence-electron chi connectivity index (χ1n) is 8.09. The molecule has 0 saturated carbocycles. The molecule has 0 spiro atoms. The third kappa shape index (κ3) is 4.72. The first-order chi connectivity index (χ1) is 9.89. The molecule has 2 rings (SSSR count). The van der Waals surface area contributed by atoms with E-state index < -0.39 is 0 Å². The van der Waals surface area contributed by atoms with Crippen molar-refractivity contribution < 1.29 is 5.11 Å². The van der Waals surface area contributed by atoms with Crippen molar-refractivity contribution in [3.05, 3.63) is 29.3 Å². The Bertz CT molecular complexity index is 465. The minimum Gasteiger partial charge on any atom is -0.396 e. The van der Waals surface area contributed by atoms with E-state index in [0.717, 1.165) is 26.1 Å². The summed E-state index contributed by atoms with van der Waals surface area (Å²) in [6.07, 6.45) is 2.32. The Hall–Kier alpha value is -1.06. The van der Waals surface area contributed by atoms with E-state index in [0.29, 0.717) is 12.5 Å². The summed E-state index contributed by atoms with van der Waals surface area (Å²) >= 11 is 0. The molecule has 118 valence electrons. The van der Waals surface area contributed by atoms with Crippen LogP contribution in [0.4, 0.5) is 5.69 Å². The second kappa shape index (κ2) is 6.80. The Morgan fingerprint density at radius 2 is 2.10 bits per heavy atom. The zero-order valence-electron chi connectivity index (χ0n) is 13.9. The van der Waals surface area contributed by atoms with Gasteiger partial charge >= 0.3 is 0 Å². The van der Waals surface area contributed by atoms with Crippen LogP contribution in [0.3, 0.4) is 0 Å². The Morgan fingerprint density at radius 3 is 2.76 bits per heavy atom. The second-order valence-corrected chi connectivity index (χ2v) is 7.37. The summed E-state index contributed by atoms with van der Waals surface area (Å²) in [5.41, 5.74) is 4.12. The van der Waals surface area contributed by atoms with Gasteiger partial charge in [0, 0.05) is 37.5 Å². The highest BCUT2D eigenvalue weighted by Gasteiger charge is 2.21. The van der Waals surface area contributed by atoms with Crippen LogP contribution >= 0.6 is 0 Å². The minimum atomic E-state index is 0.122. The van der Waals surface area contributed by atoms with E-state index >= 15 is 0 Å². The number of aryl methyl sites for hydroxylation is 1. The van der Waals surface area contributed by atoms with Gasteiger partial charge in [-0.1, -0.05) is 17.7 Å². The van der Waals surface area contributed by atoms with E-state index in [1.54, 1.807) is 0 Å². The first-order valence-corrected chi connectivity index (χ1v) is 8.09. The van der Waals surface area contributed by atoms with Gasteiger partial charge < -0.3 is 15.3 Å². The van der Waals surface area contributed by atoms with Crippen molar-refractivity contribution in [3.63, 3.8) is 0 Å². The SMILES string of the molecule is Cc1ccc(N2CCCC(CO)C2)c(CNC(C)(C)C)c1. The van der Waals surface area contributed by atoms with Gasteiger partial charge in [-0.2, -0.15) is 0 Å². The number of aliphatic hydroxyl groups is 1. The van der Waals surface area contributed by atoms with Gasteiger partial charge in [-0.15, -0.1) is 0 Å². The summed E-state index contributed by atoms with van der Waals surface area (Å²) in [6.45, 7) is 12.0. The normalized spacial score (nSPS) is 19.9. The number of nitrogens with zero attached hydrogens (tertiary/aromatic N) is 1. The van der Waals surface area contributed by atoms with E-state index in [4.69, 9.17) is 0 Å². The number of benzene rings is 1. The molecule has 0 bridgehead atoms. The lowest BCUT2D eigenvalue weighted by Crippen LogP contribution is -2.39. The number of aliphatic hydroxyl groups excluding tert-OH is 1. The molecule has 1 aromatic carbocycles. The third-order valence-electron chi connectivity index (χ3n) is 4.16.